The zero-order valence-electron chi connectivity index (χ0n) is 17.6. The molecule has 1 aromatic carbocycles. The van der Waals surface area contributed by atoms with E-state index in [0.717, 1.165) is 17.7 Å². The van der Waals surface area contributed by atoms with Crippen molar-refractivity contribution in [3.05, 3.63) is 59.9 Å². The lowest BCUT2D eigenvalue weighted by atomic mass is 10.2. The summed E-state index contributed by atoms with van der Waals surface area (Å²) in [6.07, 6.45) is 2.77. The lowest BCUT2D eigenvalue weighted by Crippen LogP contribution is -2.49. The van der Waals surface area contributed by atoms with Gasteiger partial charge in [-0.25, -0.2) is 4.79 Å². The maximum Gasteiger partial charge on any atom is 0.320 e. The van der Waals surface area contributed by atoms with Crippen molar-refractivity contribution >= 4 is 11.9 Å². The molecule has 1 unspecified atom stereocenters. The molecule has 6 heteroatoms. The van der Waals surface area contributed by atoms with Gasteiger partial charge in [0.25, 0.3) is 0 Å². The molecule has 0 aliphatic heterocycles. The molecule has 1 aromatic heterocycles. The van der Waals surface area contributed by atoms with E-state index in [1.165, 1.54) is 4.90 Å². The summed E-state index contributed by atoms with van der Waals surface area (Å²) in [5.41, 5.74) is 2.12. The molecule has 0 aliphatic carbocycles. The normalized spacial score (nSPS) is 11.8. The van der Waals surface area contributed by atoms with Gasteiger partial charge in [-0.2, -0.15) is 0 Å². The summed E-state index contributed by atoms with van der Waals surface area (Å²) in [7, 11) is 5.41. The number of hydrogen-bond donors (Lipinski definition) is 0. The van der Waals surface area contributed by atoms with E-state index in [0.29, 0.717) is 13.1 Å². The highest BCUT2D eigenvalue weighted by molar-refractivity contribution is 5.84. The second kappa shape index (κ2) is 9.97. The number of amides is 3. The molecule has 1 atom stereocenters. The molecule has 0 fully saturated rings. The minimum Gasteiger partial charge on any atom is -0.353 e. The number of carbonyl (C=O) groups excluding carboxylic acids is 2. The Hall–Kier alpha value is -2.76. The molecule has 2 rings (SSSR count). The van der Waals surface area contributed by atoms with Gasteiger partial charge in [0.2, 0.25) is 5.91 Å². The Bertz CT molecular complexity index is 770. The standard InChI is InChI=1S/C22H32N4O2/c1-6-18(2)26(22(28)23(3)4)17-21(27)25(15-19-11-8-7-9-12-19)16-20-13-10-14-24(20)5/h7-14,18H,6,15-17H2,1-5H3. The summed E-state index contributed by atoms with van der Waals surface area (Å²) in [5, 5.41) is 0. The Balaban J connectivity index is 2.23. The molecule has 0 saturated heterocycles. The largest absolute Gasteiger partial charge is 0.353 e. The lowest BCUT2D eigenvalue weighted by molar-refractivity contribution is -0.133. The summed E-state index contributed by atoms with van der Waals surface area (Å²) in [6, 6.07) is 13.8. The maximum absolute atomic E-state index is 13.2. The molecule has 0 saturated carbocycles. The van der Waals surface area contributed by atoms with Gasteiger partial charge in [-0.1, -0.05) is 37.3 Å². The Morgan fingerprint density at radius 3 is 2.25 bits per heavy atom. The molecule has 0 aliphatic rings. The average Bonchev–Trinajstić information content (AvgIpc) is 3.09. The smallest absolute Gasteiger partial charge is 0.320 e. The Morgan fingerprint density at radius 1 is 1.04 bits per heavy atom. The number of aromatic nitrogens is 1. The zero-order chi connectivity index (χ0) is 20.7. The molecular formula is C22H32N4O2. The van der Waals surface area contributed by atoms with Crippen molar-refractivity contribution in [2.75, 3.05) is 20.6 Å². The van der Waals surface area contributed by atoms with Crippen LogP contribution in [0.15, 0.2) is 48.7 Å². The number of nitrogens with zero attached hydrogens (tertiary/aromatic N) is 4. The third kappa shape index (κ3) is 5.62. The van der Waals surface area contributed by atoms with Gasteiger partial charge in [0.15, 0.2) is 0 Å². The maximum atomic E-state index is 13.2. The molecule has 0 bridgehead atoms. The highest BCUT2D eigenvalue weighted by atomic mass is 16.2. The zero-order valence-corrected chi connectivity index (χ0v) is 17.6. The van der Waals surface area contributed by atoms with Gasteiger partial charge in [0.1, 0.15) is 6.54 Å². The van der Waals surface area contributed by atoms with Gasteiger partial charge in [-0.05, 0) is 31.0 Å². The van der Waals surface area contributed by atoms with Gasteiger partial charge < -0.3 is 19.3 Å². The van der Waals surface area contributed by atoms with Crippen LogP contribution in [0.25, 0.3) is 0 Å². The van der Waals surface area contributed by atoms with E-state index in [-0.39, 0.29) is 24.5 Å². The molecule has 152 valence electrons. The predicted molar refractivity (Wildman–Crippen MR) is 112 cm³/mol. The first-order chi connectivity index (χ1) is 13.3. The van der Waals surface area contributed by atoms with Gasteiger partial charge in [-0.3, -0.25) is 4.79 Å². The van der Waals surface area contributed by atoms with Crippen LogP contribution in [0.3, 0.4) is 0 Å². The van der Waals surface area contributed by atoms with Crippen LogP contribution in [-0.2, 0) is 24.9 Å². The molecular weight excluding hydrogens is 352 g/mol. The number of carbonyl (C=O) groups is 2. The van der Waals surface area contributed by atoms with Crippen LogP contribution < -0.4 is 0 Å². The predicted octanol–water partition coefficient (Wildman–Crippen LogP) is 3.34. The van der Waals surface area contributed by atoms with E-state index in [1.54, 1.807) is 19.0 Å². The van der Waals surface area contributed by atoms with Crippen LogP contribution in [0.4, 0.5) is 4.79 Å². The minimum absolute atomic E-state index is 0.00698. The van der Waals surface area contributed by atoms with Crippen molar-refractivity contribution in [2.24, 2.45) is 7.05 Å². The fourth-order valence-electron chi connectivity index (χ4n) is 3.03. The summed E-state index contributed by atoms with van der Waals surface area (Å²) >= 11 is 0. The first kappa shape index (κ1) is 21.5. The number of aryl methyl sites for hydroxylation is 1. The molecule has 0 spiro atoms. The number of urea groups is 1. The third-order valence-corrected chi connectivity index (χ3v) is 5.03. The molecule has 1 heterocycles. The second-order valence-corrected chi connectivity index (χ2v) is 7.41. The van der Waals surface area contributed by atoms with Gasteiger partial charge in [-0.15, -0.1) is 0 Å². The highest BCUT2D eigenvalue weighted by Crippen LogP contribution is 2.13. The third-order valence-electron chi connectivity index (χ3n) is 5.03. The summed E-state index contributed by atoms with van der Waals surface area (Å²) in [4.78, 5) is 30.9. The molecule has 6 nitrogen and oxygen atoms in total. The van der Waals surface area contributed by atoms with E-state index in [9.17, 15) is 9.59 Å². The summed E-state index contributed by atoms with van der Waals surface area (Å²) in [6.45, 7) is 5.09. The van der Waals surface area contributed by atoms with Crippen LogP contribution in [-0.4, -0.2) is 57.9 Å². The van der Waals surface area contributed by atoms with E-state index >= 15 is 0 Å². The van der Waals surface area contributed by atoms with Crippen LogP contribution in [0.2, 0.25) is 0 Å². The van der Waals surface area contributed by atoms with Crippen LogP contribution in [0, 0.1) is 0 Å². The SMILES string of the molecule is CCC(C)N(CC(=O)N(Cc1ccccc1)Cc1cccn1C)C(=O)N(C)C. The van der Waals surface area contributed by atoms with Gasteiger partial charge >= 0.3 is 6.03 Å². The van der Waals surface area contributed by atoms with Gasteiger partial charge in [0.05, 0.1) is 6.54 Å². The second-order valence-electron chi connectivity index (χ2n) is 7.41. The Kier molecular flexibility index (Phi) is 7.67. The Labute approximate surface area is 168 Å². The monoisotopic (exact) mass is 384 g/mol. The van der Waals surface area contributed by atoms with Crippen LogP contribution in [0.1, 0.15) is 31.5 Å². The first-order valence-electron chi connectivity index (χ1n) is 9.73. The molecule has 3 amide bonds. The fourth-order valence-corrected chi connectivity index (χ4v) is 3.03. The quantitative estimate of drug-likeness (QED) is 0.701. The lowest BCUT2D eigenvalue weighted by Gasteiger charge is -2.33. The van der Waals surface area contributed by atoms with Crippen molar-refractivity contribution in [3.8, 4) is 0 Å². The Morgan fingerprint density at radius 2 is 1.71 bits per heavy atom. The van der Waals surface area contributed by atoms with E-state index in [1.807, 2.05) is 79.0 Å². The number of benzene rings is 1. The van der Waals surface area contributed by atoms with Gasteiger partial charge in [0, 0.05) is 45.6 Å². The fraction of sp³-hybridized carbons (Fsp3) is 0.455. The van der Waals surface area contributed by atoms with Crippen molar-refractivity contribution in [1.29, 1.82) is 0 Å². The van der Waals surface area contributed by atoms with Crippen LogP contribution >= 0.6 is 0 Å². The van der Waals surface area contributed by atoms with E-state index < -0.39 is 0 Å². The van der Waals surface area contributed by atoms with E-state index in [4.69, 9.17) is 0 Å². The topological polar surface area (TPSA) is 48.8 Å². The van der Waals surface area contributed by atoms with Crippen LogP contribution in [0.5, 0.6) is 0 Å². The average molecular weight is 385 g/mol. The molecule has 28 heavy (non-hydrogen) atoms. The highest BCUT2D eigenvalue weighted by Gasteiger charge is 2.26. The molecule has 2 aromatic rings. The van der Waals surface area contributed by atoms with Crippen molar-refractivity contribution < 1.29 is 9.59 Å². The van der Waals surface area contributed by atoms with Crippen molar-refractivity contribution in [2.45, 2.75) is 39.4 Å². The number of rotatable bonds is 8. The number of hydrogen-bond acceptors (Lipinski definition) is 2. The molecule has 0 N–H and O–H groups in total. The summed E-state index contributed by atoms with van der Waals surface area (Å²) < 4.78 is 2.02. The minimum atomic E-state index is -0.138. The molecule has 0 radical (unpaired) electrons. The first-order valence-corrected chi connectivity index (χ1v) is 9.73. The van der Waals surface area contributed by atoms with E-state index in [2.05, 4.69) is 0 Å². The summed E-state index contributed by atoms with van der Waals surface area (Å²) in [5.74, 6) is -0.0550. The van der Waals surface area contributed by atoms with Crippen molar-refractivity contribution in [1.82, 2.24) is 19.3 Å². The van der Waals surface area contributed by atoms with Crippen molar-refractivity contribution in [3.63, 3.8) is 0 Å².